The number of nitrogens with one attached hydrogen (secondary N) is 2. The third-order valence-corrected chi connectivity index (χ3v) is 4.80. The predicted molar refractivity (Wildman–Crippen MR) is 114 cm³/mol. The minimum Gasteiger partial charge on any atom is -0.386 e. The zero-order valence-electron chi connectivity index (χ0n) is 14.3. The fraction of sp³-hybridized carbons (Fsp3) is 0.353. The Hall–Kier alpha value is -0.970. The number of benzene rings is 1. The molecule has 1 aromatic heterocycles. The molecule has 0 saturated carbocycles. The van der Waals surface area contributed by atoms with Gasteiger partial charge in [0, 0.05) is 23.1 Å². The van der Waals surface area contributed by atoms with Gasteiger partial charge in [0.2, 0.25) is 0 Å². The summed E-state index contributed by atoms with van der Waals surface area (Å²) in [6.07, 6.45) is -0.772. The highest BCUT2D eigenvalue weighted by atomic mass is 127. The third kappa shape index (κ3) is 6.64. The second-order valence-electron chi connectivity index (χ2n) is 5.41. The van der Waals surface area contributed by atoms with E-state index in [4.69, 9.17) is 11.6 Å². The standard InChI is InChI=1S/C17H20ClF2N3OS.HI/c1-3-21-17(22-9-14(24)15-6-7-16(18)25-15)23-10(2)12-5-4-11(19)8-13(12)20;/h4-8,10,14,24H,3,9H2,1-2H3,(H2,21,22,23);1H. The zero-order chi connectivity index (χ0) is 18.4. The van der Waals surface area contributed by atoms with E-state index in [2.05, 4.69) is 15.6 Å². The van der Waals surface area contributed by atoms with E-state index in [-0.39, 0.29) is 30.5 Å². The number of aliphatic imine (C=N–C) groups is 1. The lowest BCUT2D eigenvalue weighted by atomic mass is 10.1. The van der Waals surface area contributed by atoms with E-state index in [1.165, 1.54) is 23.5 Å². The Morgan fingerprint density at radius 1 is 1.31 bits per heavy atom. The Morgan fingerprint density at radius 3 is 2.62 bits per heavy atom. The molecule has 2 atom stereocenters. The molecule has 0 fully saturated rings. The normalized spacial score (nSPS) is 13.7. The van der Waals surface area contributed by atoms with E-state index in [1.807, 2.05) is 6.92 Å². The minimum atomic E-state index is -0.772. The summed E-state index contributed by atoms with van der Waals surface area (Å²) in [6, 6.07) is 6.51. The van der Waals surface area contributed by atoms with Crippen LogP contribution in [0.4, 0.5) is 8.78 Å². The van der Waals surface area contributed by atoms with Gasteiger partial charge in [-0.05, 0) is 32.0 Å². The minimum absolute atomic E-state index is 0. The summed E-state index contributed by atoms with van der Waals surface area (Å²) in [5.41, 5.74) is 0.331. The van der Waals surface area contributed by atoms with Crippen molar-refractivity contribution in [1.29, 1.82) is 0 Å². The molecule has 0 spiro atoms. The van der Waals surface area contributed by atoms with E-state index < -0.39 is 23.8 Å². The summed E-state index contributed by atoms with van der Waals surface area (Å²) < 4.78 is 27.5. The molecule has 1 heterocycles. The second-order valence-corrected chi connectivity index (χ2v) is 7.16. The molecular weight excluding hydrogens is 495 g/mol. The van der Waals surface area contributed by atoms with Crippen LogP contribution in [-0.2, 0) is 0 Å². The highest BCUT2D eigenvalue weighted by Gasteiger charge is 2.14. The number of halogens is 4. The maximum atomic E-state index is 13.9. The first-order valence-electron chi connectivity index (χ1n) is 7.83. The van der Waals surface area contributed by atoms with Gasteiger partial charge in [-0.25, -0.2) is 8.78 Å². The number of guanidine groups is 1. The molecule has 0 aliphatic rings. The van der Waals surface area contributed by atoms with Gasteiger partial charge < -0.3 is 15.7 Å². The van der Waals surface area contributed by atoms with Gasteiger partial charge in [0.25, 0.3) is 0 Å². The number of thiophene rings is 1. The van der Waals surface area contributed by atoms with Crippen LogP contribution in [0.5, 0.6) is 0 Å². The summed E-state index contributed by atoms with van der Waals surface area (Å²) in [5, 5.41) is 16.2. The molecule has 3 N–H and O–H groups in total. The molecule has 26 heavy (non-hydrogen) atoms. The van der Waals surface area contributed by atoms with Crippen molar-refractivity contribution in [3.05, 3.63) is 56.7 Å². The number of rotatable bonds is 6. The van der Waals surface area contributed by atoms with Crippen molar-refractivity contribution < 1.29 is 13.9 Å². The Morgan fingerprint density at radius 2 is 2.04 bits per heavy atom. The number of hydrogen-bond acceptors (Lipinski definition) is 3. The lowest BCUT2D eigenvalue weighted by Crippen LogP contribution is -2.39. The Kier molecular flexibility index (Phi) is 9.77. The van der Waals surface area contributed by atoms with Gasteiger partial charge in [-0.15, -0.1) is 35.3 Å². The predicted octanol–water partition coefficient (Wildman–Crippen LogP) is 4.65. The van der Waals surface area contributed by atoms with E-state index in [9.17, 15) is 13.9 Å². The van der Waals surface area contributed by atoms with Crippen molar-refractivity contribution >= 4 is 52.9 Å². The van der Waals surface area contributed by atoms with Gasteiger partial charge in [-0.3, -0.25) is 4.99 Å². The third-order valence-electron chi connectivity index (χ3n) is 3.47. The summed E-state index contributed by atoms with van der Waals surface area (Å²) in [4.78, 5) is 5.05. The molecule has 0 saturated heterocycles. The Balaban J connectivity index is 0.00000338. The first-order valence-corrected chi connectivity index (χ1v) is 9.03. The molecule has 4 nitrogen and oxygen atoms in total. The molecule has 2 aromatic rings. The van der Waals surface area contributed by atoms with E-state index in [1.54, 1.807) is 19.1 Å². The van der Waals surface area contributed by atoms with Gasteiger partial charge >= 0.3 is 0 Å². The molecule has 2 unspecified atom stereocenters. The highest BCUT2D eigenvalue weighted by Crippen LogP contribution is 2.27. The average molecular weight is 516 g/mol. The molecule has 144 valence electrons. The highest BCUT2D eigenvalue weighted by molar-refractivity contribution is 14.0. The molecule has 0 radical (unpaired) electrons. The van der Waals surface area contributed by atoms with Crippen LogP contribution in [0.25, 0.3) is 0 Å². The summed E-state index contributed by atoms with van der Waals surface area (Å²) >= 11 is 7.16. The van der Waals surface area contributed by atoms with Crippen LogP contribution in [0, 0.1) is 11.6 Å². The van der Waals surface area contributed by atoms with Crippen molar-refractivity contribution in [2.45, 2.75) is 26.0 Å². The van der Waals surface area contributed by atoms with Crippen LogP contribution in [0.3, 0.4) is 0 Å². The van der Waals surface area contributed by atoms with Crippen LogP contribution in [0.15, 0.2) is 35.3 Å². The van der Waals surface area contributed by atoms with Crippen LogP contribution in [0.2, 0.25) is 4.34 Å². The molecule has 2 rings (SSSR count). The van der Waals surface area contributed by atoms with E-state index in [0.717, 1.165) is 10.9 Å². The van der Waals surface area contributed by atoms with Crippen LogP contribution in [-0.4, -0.2) is 24.2 Å². The maximum absolute atomic E-state index is 13.9. The summed E-state index contributed by atoms with van der Waals surface area (Å²) in [5.74, 6) is -0.809. The van der Waals surface area contributed by atoms with Crippen molar-refractivity contribution in [2.24, 2.45) is 4.99 Å². The maximum Gasteiger partial charge on any atom is 0.191 e. The van der Waals surface area contributed by atoms with Gasteiger partial charge in [-0.2, -0.15) is 0 Å². The lowest BCUT2D eigenvalue weighted by Gasteiger charge is -2.19. The molecule has 0 aliphatic carbocycles. The number of aliphatic hydroxyl groups is 1. The fourth-order valence-corrected chi connectivity index (χ4v) is 3.27. The molecule has 9 heteroatoms. The number of nitrogens with zero attached hydrogens (tertiary/aromatic N) is 1. The van der Waals surface area contributed by atoms with Gasteiger partial charge in [-0.1, -0.05) is 17.7 Å². The molecule has 0 aliphatic heterocycles. The van der Waals surface area contributed by atoms with E-state index >= 15 is 0 Å². The van der Waals surface area contributed by atoms with Gasteiger partial charge in [0.15, 0.2) is 5.96 Å². The smallest absolute Gasteiger partial charge is 0.191 e. The van der Waals surface area contributed by atoms with Gasteiger partial charge in [0.05, 0.1) is 16.9 Å². The first kappa shape index (κ1) is 23.1. The van der Waals surface area contributed by atoms with Crippen molar-refractivity contribution in [3.8, 4) is 0 Å². The Labute approximate surface area is 177 Å². The summed E-state index contributed by atoms with van der Waals surface area (Å²) in [7, 11) is 0. The molecule has 0 amide bonds. The van der Waals surface area contributed by atoms with Crippen molar-refractivity contribution in [1.82, 2.24) is 10.6 Å². The second kappa shape index (κ2) is 11.0. The Bertz CT molecular complexity index is 745. The summed E-state index contributed by atoms with van der Waals surface area (Å²) in [6.45, 7) is 4.38. The SMILES string of the molecule is CCNC(=NCC(O)c1ccc(Cl)s1)NC(C)c1ccc(F)cc1F.I. The van der Waals surface area contributed by atoms with Gasteiger partial charge in [0.1, 0.15) is 17.7 Å². The fourth-order valence-electron chi connectivity index (χ4n) is 2.23. The van der Waals surface area contributed by atoms with Crippen LogP contribution in [0.1, 0.15) is 36.4 Å². The number of aliphatic hydroxyl groups excluding tert-OH is 1. The monoisotopic (exact) mass is 515 g/mol. The first-order chi connectivity index (χ1) is 11.9. The zero-order valence-corrected chi connectivity index (χ0v) is 18.2. The molecule has 1 aromatic carbocycles. The average Bonchev–Trinajstić information content (AvgIpc) is 2.99. The number of hydrogen-bond donors (Lipinski definition) is 3. The van der Waals surface area contributed by atoms with Crippen molar-refractivity contribution in [3.63, 3.8) is 0 Å². The quantitative estimate of drug-likeness (QED) is 0.298. The lowest BCUT2D eigenvalue weighted by molar-refractivity contribution is 0.191. The van der Waals surface area contributed by atoms with Crippen LogP contribution >= 0.6 is 46.9 Å². The molecular formula is C17H21ClF2IN3OS. The van der Waals surface area contributed by atoms with Crippen molar-refractivity contribution in [2.75, 3.05) is 13.1 Å². The topological polar surface area (TPSA) is 56.7 Å². The largest absolute Gasteiger partial charge is 0.386 e. The van der Waals surface area contributed by atoms with Crippen LogP contribution < -0.4 is 10.6 Å². The molecule has 0 bridgehead atoms. The van der Waals surface area contributed by atoms with E-state index in [0.29, 0.717) is 22.4 Å².